The van der Waals surface area contributed by atoms with Crippen LogP contribution >= 0.6 is 11.8 Å². The van der Waals surface area contributed by atoms with Crippen molar-refractivity contribution in [3.8, 4) is 0 Å². The molecule has 0 saturated heterocycles. The Morgan fingerprint density at radius 3 is 3.10 bits per heavy atom. The van der Waals surface area contributed by atoms with E-state index in [1.165, 1.54) is 11.8 Å². The van der Waals surface area contributed by atoms with E-state index >= 15 is 0 Å². The van der Waals surface area contributed by atoms with E-state index in [1.54, 1.807) is 16.8 Å². The van der Waals surface area contributed by atoms with Gasteiger partial charge in [-0.1, -0.05) is 18.7 Å². The van der Waals surface area contributed by atoms with Gasteiger partial charge in [0.05, 0.1) is 0 Å². The summed E-state index contributed by atoms with van der Waals surface area (Å²) in [4.78, 5) is 15.6. The van der Waals surface area contributed by atoms with E-state index in [2.05, 4.69) is 15.2 Å². The zero-order chi connectivity index (χ0) is 14.5. The lowest BCUT2D eigenvalue weighted by molar-refractivity contribution is 0.604. The number of hydrogen-bond acceptors (Lipinski definition) is 5. The number of pyridine rings is 1. The molecule has 0 spiro atoms. The van der Waals surface area contributed by atoms with Crippen LogP contribution in [-0.4, -0.2) is 25.6 Å². The third-order valence-corrected chi connectivity index (χ3v) is 3.69. The maximum absolute atomic E-state index is 11.6. The molecule has 7 nitrogen and oxygen atoms in total. The quantitative estimate of drug-likeness (QED) is 0.417. The van der Waals surface area contributed by atoms with Gasteiger partial charge in [-0.25, -0.2) is 9.89 Å². The van der Waals surface area contributed by atoms with Crippen LogP contribution in [0.2, 0.25) is 0 Å². The molecule has 2 aromatic rings. The molecule has 106 valence electrons. The zero-order valence-electron chi connectivity index (χ0n) is 11.1. The summed E-state index contributed by atoms with van der Waals surface area (Å²) in [6.07, 6.45) is 2.49. The summed E-state index contributed by atoms with van der Waals surface area (Å²) in [6.45, 7) is 2.66. The first-order chi connectivity index (χ1) is 9.61. The summed E-state index contributed by atoms with van der Waals surface area (Å²) in [6, 6.07) is 3.62. The van der Waals surface area contributed by atoms with Gasteiger partial charge >= 0.3 is 5.69 Å². The fourth-order valence-electron chi connectivity index (χ4n) is 1.69. The number of aromatic amines is 1. The van der Waals surface area contributed by atoms with Crippen LogP contribution in [0.3, 0.4) is 0 Å². The van der Waals surface area contributed by atoms with Gasteiger partial charge in [-0.15, -0.1) is 5.10 Å². The van der Waals surface area contributed by atoms with Crippen molar-refractivity contribution in [2.24, 2.45) is 5.73 Å². The number of nitrogens with one attached hydrogen (secondary N) is 2. The van der Waals surface area contributed by atoms with Crippen molar-refractivity contribution in [3.63, 3.8) is 0 Å². The second kappa shape index (κ2) is 6.38. The van der Waals surface area contributed by atoms with E-state index in [0.29, 0.717) is 23.1 Å². The third-order valence-electron chi connectivity index (χ3n) is 2.64. The molecule has 0 aliphatic rings. The number of rotatable bonds is 6. The Hall–Kier alpha value is -2.09. The summed E-state index contributed by atoms with van der Waals surface area (Å²) in [5.74, 6) is 0.580. The predicted octanol–water partition coefficient (Wildman–Crippen LogP) is 0.953. The molecule has 0 saturated carbocycles. The Balaban J connectivity index is 2.11. The van der Waals surface area contributed by atoms with Gasteiger partial charge in [0.15, 0.2) is 5.16 Å². The lowest BCUT2D eigenvalue weighted by Gasteiger charge is -2.05. The average molecular weight is 292 g/mol. The van der Waals surface area contributed by atoms with E-state index in [4.69, 9.17) is 11.1 Å². The number of thioether (sulfide) groups is 1. The van der Waals surface area contributed by atoms with E-state index in [-0.39, 0.29) is 11.5 Å². The van der Waals surface area contributed by atoms with Gasteiger partial charge in [-0.2, -0.15) is 0 Å². The van der Waals surface area contributed by atoms with Crippen LogP contribution < -0.4 is 11.4 Å². The highest BCUT2D eigenvalue weighted by molar-refractivity contribution is 7.98. The number of nitrogens with two attached hydrogens (primary N) is 1. The van der Waals surface area contributed by atoms with Crippen LogP contribution in [0.5, 0.6) is 0 Å². The van der Waals surface area contributed by atoms with Gasteiger partial charge in [-0.3, -0.25) is 15.0 Å². The second-order valence-electron chi connectivity index (χ2n) is 4.21. The van der Waals surface area contributed by atoms with Crippen molar-refractivity contribution in [1.29, 1.82) is 5.41 Å². The number of hydrogen-bond donors (Lipinski definition) is 3. The minimum absolute atomic E-state index is 0.0560. The first-order valence-electron chi connectivity index (χ1n) is 6.19. The van der Waals surface area contributed by atoms with Crippen LogP contribution in [-0.2, 0) is 12.3 Å². The van der Waals surface area contributed by atoms with Crippen molar-refractivity contribution < 1.29 is 0 Å². The molecule has 0 fully saturated rings. The largest absolute Gasteiger partial charge is 0.382 e. The normalized spacial score (nSPS) is 10.7. The van der Waals surface area contributed by atoms with Gasteiger partial charge in [0.1, 0.15) is 11.5 Å². The number of nitrogens with zero attached hydrogens (tertiary/aromatic N) is 3. The Morgan fingerprint density at radius 2 is 2.40 bits per heavy atom. The topological polar surface area (TPSA) is 113 Å². The Bertz CT molecular complexity index is 662. The highest BCUT2D eigenvalue weighted by atomic mass is 32.2. The lowest BCUT2D eigenvalue weighted by atomic mass is 10.2. The first-order valence-corrected chi connectivity index (χ1v) is 7.17. The molecule has 0 aromatic carbocycles. The molecule has 2 aromatic heterocycles. The minimum atomic E-state index is -0.187. The summed E-state index contributed by atoms with van der Waals surface area (Å²) in [7, 11) is 0. The summed E-state index contributed by atoms with van der Waals surface area (Å²) < 4.78 is 1.62. The monoisotopic (exact) mass is 292 g/mol. The van der Waals surface area contributed by atoms with E-state index in [9.17, 15) is 4.79 Å². The molecule has 0 aliphatic carbocycles. The summed E-state index contributed by atoms with van der Waals surface area (Å²) in [5, 5.41) is 14.5. The van der Waals surface area contributed by atoms with Crippen molar-refractivity contribution in [2.45, 2.75) is 30.8 Å². The van der Waals surface area contributed by atoms with Crippen LogP contribution in [0.15, 0.2) is 28.3 Å². The molecule has 2 rings (SSSR count). The third kappa shape index (κ3) is 3.27. The molecule has 4 N–H and O–H groups in total. The van der Waals surface area contributed by atoms with Gasteiger partial charge in [0.2, 0.25) is 0 Å². The van der Waals surface area contributed by atoms with E-state index in [0.717, 1.165) is 12.0 Å². The maximum Gasteiger partial charge on any atom is 0.343 e. The van der Waals surface area contributed by atoms with Gasteiger partial charge in [-0.05, 0) is 24.1 Å². The molecule has 0 unspecified atom stereocenters. The highest BCUT2D eigenvalue weighted by Gasteiger charge is 2.08. The Labute approximate surface area is 120 Å². The lowest BCUT2D eigenvalue weighted by Crippen LogP contribution is -2.17. The SMILES string of the molecule is CCCn1c(SCc2ccnc(C(=N)N)c2)n[nH]c1=O. The molecule has 0 atom stereocenters. The summed E-state index contributed by atoms with van der Waals surface area (Å²) >= 11 is 1.46. The Kier molecular flexibility index (Phi) is 4.57. The van der Waals surface area contributed by atoms with Crippen LogP contribution in [0, 0.1) is 5.41 Å². The molecule has 0 radical (unpaired) electrons. The number of amidine groups is 1. The molecule has 0 aliphatic heterocycles. The van der Waals surface area contributed by atoms with Gasteiger partial charge < -0.3 is 5.73 Å². The van der Waals surface area contributed by atoms with Crippen molar-refractivity contribution >= 4 is 17.6 Å². The van der Waals surface area contributed by atoms with Gasteiger partial charge in [0.25, 0.3) is 0 Å². The fourth-order valence-corrected chi connectivity index (χ4v) is 2.61. The standard InChI is InChI=1S/C12H16N6OS/c1-2-5-18-11(19)16-17-12(18)20-7-8-3-4-15-9(6-8)10(13)14/h3-4,6H,2,5,7H2,1H3,(H3,13,14)(H,16,19). The zero-order valence-corrected chi connectivity index (χ0v) is 11.9. The maximum atomic E-state index is 11.6. The van der Waals surface area contributed by atoms with Crippen molar-refractivity contribution in [3.05, 3.63) is 40.1 Å². The first kappa shape index (κ1) is 14.3. The van der Waals surface area contributed by atoms with Crippen LogP contribution in [0.1, 0.15) is 24.6 Å². The molecule has 8 heteroatoms. The second-order valence-corrected chi connectivity index (χ2v) is 5.16. The van der Waals surface area contributed by atoms with Crippen molar-refractivity contribution in [1.82, 2.24) is 19.7 Å². The molecule has 0 bridgehead atoms. The highest BCUT2D eigenvalue weighted by Crippen LogP contribution is 2.19. The van der Waals surface area contributed by atoms with E-state index in [1.807, 2.05) is 13.0 Å². The summed E-state index contributed by atoms with van der Waals surface area (Å²) in [5.41, 5.74) is 6.66. The molecular formula is C12H16N6OS. The van der Waals surface area contributed by atoms with Crippen molar-refractivity contribution in [2.75, 3.05) is 0 Å². The van der Waals surface area contributed by atoms with Gasteiger partial charge in [0, 0.05) is 18.5 Å². The number of aromatic nitrogens is 4. The minimum Gasteiger partial charge on any atom is -0.382 e. The molecule has 0 amide bonds. The fraction of sp³-hybridized carbons (Fsp3) is 0.333. The molecule has 2 heterocycles. The smallest absolute Gasteiger partial charge is 0.343 e. The molecular weight excluding hydrogens is 276 g/mol. The number of H-pyrrole nitrogens is 1. The average Bonchev–Trinajstić information content (AvgIpc) is 2.78. The predicted molar refractivity (Wildman–Crippen MR) is 78.0 cm³/mol. The Morgan fingerprint density at radius 1 is 1.60 bits per heavy atom. The van der Waals surface area contributed by atoms with Crippen LogP contribution in [0.4, 0.5) is 0 Å². The van der Waals surface area contributed by atoms with Crippen LogP contribution in [0.25, 0.3) is 0 Å². The molecule has 20 heavy (non-hydrogen) atoms. The van der Waals surface area contributed by atoms with E-state index < -0.39 is 0 Å². The number of nitrogen functional groups attached to an aromatic ring is 1.